The summed E-state index contributed by atoms with van der Waals surface area (Å²) in [5.74, 6) is -1.34. The number of thioether (sulfide) groups is 1. The van der Waals surface area contributed by atoms with Crippen LogP contribution in [-0.2, 0) is 11.3 Å². The molecular formula is C24H21F2N5O2S2. The van der Waals surface area contributed by atoms with E-state index in [1.165, 1.54) is 29.2 Å². The molecular weight excluding hydrogens is 492 g/mol. The zero-order valence-corrected chi connectivity index (χ0v) is 20.3. The van der Waals surface area contributed by atoms with Crippen LogP contribution in [0.1, 0.15) is 18.9 Å². The molecule has 1 amide bonds. The lowest BCUT2D eigenvalue weighted by atomic mass is 10.2. The Labute approximate surface area is 208 Å². The van der Waals surface area contributed by atoms with E-state index in [4.69, 9.17) is 4.74 Å². The van der Waals surface area contributed by atoms with Gasteiger partial charge in [0.25, 0.3) is 0 Å². The normalized spacial score (nSPS) is 11.7. The molecule has 2 heterocycles. The maximum atomic E-state index is 14.0. The highest BCUT2D eigenvalue weighted by molar-refractivity contribution is 7.99. The van der Waals surface area contributed by atoms with Crippen molar-refractivity contribution in [3.05, 3.63) is 84.0 Å². The summed E-state index contributed by atoms with van der Waals surface area (Å²) in [5.41, 5.74) is 1.76. The molecule has 0 spiro atoms. The van der Waals surface area contributed by atoms with Gasteiger partial charge in [0.05, 0.1) is 11.4 Å². The summed E-state index contributed by atoms with van der Waals surface area (Å²) in [6.45, 7) is 5.79. The van der Waals surface area contributed by atoms with Crippen LogP contribution in [0, 0.1) is 11.6 Å². The first-order valence-corrected chi connectivity index (χ1v) is 12.4. The molecule has 2 aromatic carbocycles. The van der Waals surface area contributed by atoms with E-state index >= 15 is 0 Å². The number of carbonyl (C=O) groups excluding carboxylic acids is 1. The number of rotatable bonds is 10. The minimum atomic E-state index is -0.810. The van der Waals surface area contributed by atoms with Crippen molar-refractivity contribution in [2.75, 3.05) is 11.1 Å². The second-order valence-corrected chi connectivity index (χ2v) is 9.12. The van der Waals surface area contributed by atoms with E-state index in [1.807, 2.05) is 35.7 Å². The number of amides is 1. The van der Waals surface area contributed by atoms with Gasteiger partial charge in [-0.3, -0.25) is 9.36 Å². The lowest BCUT2D eigenvalue weighted by Crippen LogP contribution is -2.15. The SMILES string of the molecule is C=CCn1c(SCC(=O)Nc2nc(-c3ccccc3)cs2)nnc1C(C)Oc1ccc(F)cc1F. The van der Waals surface area contributed by atoms with Crippen molar-refractivity contribution in [3.63, 3.8) is 0 Å². The summed E-state index contributed by atoms with van der Waals surface area (Å²) in [5, 5.41) is 14.0. The van der Waals surface area contributed by atoms with Crippen LogP contribution < -0.4 is 10.1 Å². The highest BCUT2D eigenvalue weighted by Gasteiger charge is 2.21. The lowest BCUT2D eigenvalue weighted by Gasteiger charge is -2.16. The van der Waals surface area contributed by atoms with Crippen LogP contribution in [0.25, 0.3) is 11.3 Å². The number of anilines is 1. The monoisotopic (exact) mass is 513 g/mol. The third kappa shape index (κ3) is 6.11. The number of allylic oxidation sites excluding steroid dienone is 1. The summed E-state index contributed by atoms with van der Waals surface area (Å²) in [6, 6.07) is 12.8. The zero-order valence-electron chi connectivity index (χ0n) is 18.6. The number of aromatic nitrogens is 4. The zero-order chi connectivity index (χ0) is 24.8. The first kappa shape index (κ1) is 24.6. The van der Waals surface area contributed by atoms with E-state index < -0.39 is 17.7 Å². The molecule has 0 bridgehead atoms. The van der Waals surface area contributed by atoms with E-state index in [0.29, 0.717) is 22.7 Å². The van der Waals surface area contributed by atoms with Crippen molar-refractivity contribution >= 4 is 34.1 Å². The number of hydrogen-bond donors (Lipinski definition) is 1. The van der Waals surface area contributed by atoms with Gasteiger partial charge in [-0.05, 0) is 19.1 Å². The van der Waals surface area contributed by atoms with Gasteiger partial charge < -0.3 is 10.1 Å². The van der Waals surface area contributed by atoms with Gasteiger partial charge in [-0.15, -0.1) is 28.1 Å². The van der Waals surface area contributed by atoms with E-state index in [0.717, 1.165) is 23.4 Å². The second kappa shape index (κ2) is 11.2. The maximum Gasteiger partial charge on any atom is 0.236 e. The van der Waals surface area contributed by atoms with Gasteiger partial charge >= 0.3 is 0 Å². The molecule has 0 aliphatic carbocycles. The number of thiazole rings is 1. The van der Waals surface area contributed by atoms with Crippen LogP contribution in [-0.4, -0.2) is 31.4 Å². The Morgan fingerprint density at radius 2 is 2.06 bits per heavy atom. The third-order valence-corrected chi connectivity index (χ3v) is 6.50. The third-order valence-electron chi connectivity index (χ3n) is 4.77. The van der Waals surface area contributed by atoms with Crippen molar-refractivity contribution in [2.45, 2.75) is 24.7 Å². The summed E-state index contributed by atoms with van der Waals surface area (Å²) in [4.78, 5) is 17.0. The molecule has 4 aromatic rings. The van der Waals surface area contributed by atoms with E-state index in [-0.39, 0.29) is 17.4 Å². The molecule has 4 rings (SSSR count). The molecule has 1 atom stereocenters. The first-order chi connectivity index (χ1) is 16.9. The van der Waals surface area contributed by atoms with Crippen molar-refractivity contribution < 1.29 is 18.3 Å². The van der Waals surface area contributed by atoms with E-state index in [9.17, 15) is 13.6 Å². The van der Waals surface area contributed by atoms with Crippen LogP contribution >= 0.6 is 23.1 Å². The number of nitrogens with zero attached hydrogens (tertiary/aromatic N) is 4. The molecule has 7 nitrogen and oxygen atoms in total. The molecule has 11 heteroatoms. The van der Waals surface area contributed by atoms with Crippen molar-refractivity contribution in [1.29, 1.82) is 0 Å². The fourth-order valence-electron chi connectivity index (χ4n) is 3.18. The summed E-state index contributed by atoms with van der Waals surface area (Å²) in [7, 11) is 0. The summed E-state index contributed by atoms with van der Waals surface area (Å²) < 4.78 is 34.5. The van der Waals surface area contributed by atoms with Crippen molar-refractivity contribution in [1.82, 2.24) is 19.7 Å². The first-order valence-electron chi connectivity index (χ1n) is 10.5. The number of benzene rings is 2. The Bertz CT molecular complexity index is 1330. The van der Waals surface area contributed by atoms with Gasteiger partial charge in [0.2, 0.25) is 5.91 Å². The van der Waals surface area contributed by atoms with E-state index in [2.05, 4.69) is 27.1 Å². The van der Waals surface area contributed by atoms with Crippen LogP contribution in [0.5, 0.6) is 5.75 Å². The van der Waals surface area contributed by atoms with Crippen LogP contribution in [0.2, 0.25) is 0 Å². The molecule has 180 valence electrons. The van der Waals surface area contributed by atoms with Crippen LogP contribution in [0.15, 0.2) is 71.7 Å². The Morgan fingerprint density at radius 1 is 1.26 bits per heavy atom. The van der Waals surface area contributed by atoms with Gasteiger partial charge in [-0.1, -0.05) is 48.2 Å². The molecule has 2 aromatic heterocycles. The van der Waals surface area contributed by atoms with Crippen LogP contribution in [0.3, 0.4) is 0 Å². The Balaban J connectivity index is 1.40. The standard InChI is InChI=1S/C24H21F2N5O2S2/c1-3-11-31-22(15(2)33-20-10-9-17(25)12-18(20)26)29-30-24(31)35-14-21(32)28-23-27-19(13-34-23)16-7-5-4-6-8-16/h3-10,12-13,15H,1,11,14H2,2H3,(H,27,28,32). The molecule has 0 radical (unpaired) electrons. The fourth-order valence-corrected chi connectivity index (χ4v) is 4.67. The number of hydrogen-bond acceptors (Lipinski definition) is 7. The van der Waals surface area contributed by atoms with Crippen molar-refractivity contribution in [2.24, 2.45) is 0 Å². The van der Waals surface area contributed by atoms with E-state index in [1.54, 1.807) is 17.6 Å². The fraction of sp³-hybridized carbons (Fsp3) is 0.167. The Kier molecular flexibility index (Phi) is 7.88. The molecule has 0 aliphatic rings. The quantitative estimate of drug-likeness (QED) is 0.215. The predicted octanol–water partition coefficient (Wildman–Crippen LogP) is 5.74. The molecule has 0 saturated carbocycles. The Morgan fingerprint density at radius 3 is 2.80 bits per heavy atom. The summed E-state index contributed by atoms with van der Waals surface area (Å²) >= 11 is 2.54. The number of halogens is 2. The number of ether oxygens (including phenoxy) is 1. The average Bonchev–Trinajstić information content (AvgIpc) is 3.47. The largest absolute Gasteiger partial charge is 0.480 e. The summed E-state index contributed by atoms with van der Waals surface area (Å²) in [6.07, 6.45) is 0.973. The minimum absolute atomic E-state index is 0.0807. The topological polar surface area (TPSA) is 81.9 Å². The predicted molar refractivity (Wildman–Crippen MR) is 133 cm³/mol. The number of nitrogens with one attached hydrogen (secondary N) is 1. The van der Waals surface area contributed by atoms with Gasteiger partial charge in [0.1, 0.15) is 5.82 Å². The van der Waals surface area contributed by atoms with Gasteiger partial charge in [0, 0.05) is 23.6 Å². The molecule has 35 heavy (non-hydrogen) atoms. The van der Waals surface area contributed by atoms with Gasteiger partial charge in [0.15, 0.2) is 33.8 Å². The average molecular weight is 514 g/mol. The van der Waals surface area contributed by atoms with Crippen LogP contribution in [0.4, 0.5) is 13.9 Å². The van der Waals surface area contributed by atoms with Crippen molar-refractivity contribution in [3.8, 4) is 17.0 Å². The maximum absolute atomic E-state index is 14.0. The lowest BCUT2D eigenvalue weighted by molar-refractivity contribution is -0.113. The molecule has 1 N–H and O–H groups in total. The second-order valence-electron chi connectivity index (χ2n) is 7.32. The van der Waals surface area contributed by atoms with Gasteiger partial charge in [-0.25, -0.2) is 13.8 Å². The molecule has 1 unspecified atom stereocenters. The molecule has 0 fully saturated rings. The number of carbonyl (C=O) groups is 1. The molecule has 0 saturated heterocycles. The Hall–Kier alpha value is -3.57. The highest BCUT2D eigenvalue weighted by atomic mass is 32.2. The smallest absolute Gasteiger partial charge is 0.236 e. The minimum Gasteiger partial charge on any atom is -0.480 e. The van der Waals surface area contributed by atoms with Gasteiger partial charge in [-0.2, -0.15) is 0 Å². The molecule has 0 aliphatic heterocycles. The highest BCUT2D eigenvalue weighted by Crippen LogP contribution is 2.28.